The largest absolute Gasteiger partial charge is 0.335 e. The average Bonchev–Trinajstić information content (AvgIpc) is 2.35. The molecule has 4 nitrogen and oxygen atoms in total. The van der Waals surface area contributed by atoms with E-state index in [4.69, 9.17) is 0 Å². The van der Waals surface area contributed by atoms with Crippen molar-refractivity contribution in [3.63, 3.8) is 0 Å². The molecule has 1 aromatic rings. The zero-order valence-electron chi connectivity index (χ0n) is 10.8. The molecule has 0 spiro atoms. The summed E-state index contributed by atoms with van der Waals surface area (Å²) in [5.74, 6) is -3.11. The molecule has 104 valence electrons. The number of benzene rings is 1. The first-order valence-electron chi connectivity index (χ1n) is 6.05. The number of rotatable bonds is 4. The number of hydrogen-bond donors (Lipinski definition) is 2. The minimum absolute atomic E-state index is 0.0849. The highest BCUT2D eigenvalue weighted by Crippen LogP contribution is 2.11. The lowest BCUT2D eigenvalue weighted by Gasteiger charge is -2.15. The third-order valence-electron chi connectivity index (χ3n) is 2.74. The fraction of sp³-hybridized carbons (Fsp3) is 0.385. The van der Waals surface area contributed by atoms with Gasteiger partial charge in [0.05, 0.1) is 0 Å². The Balaban J connectivity index is 2.72. The molecule has 0 atom stereocenters. The maximum absolute atomic E-state index is 13.3. The van der Waals surface area contributed by atoms with Gasteiger partial charge < -0.3 is 5.32 Å². The summed E-state index contributed by atoms with van der Waals surface area (Å²) >= 11 is 0. The number of amides is 3. The molecule has 2 N–H and O–H groups in total. The van der Waals surface area contributed by atoms with Crippen LogP contribution in [-0.2, 0) is 0 Å². The summed E-state index contributed by atoms with van der Waals surface area (Å²) in [4.78, 5) is 23.1. The van der Waals surface area contributed by atoms with Crippen LogP contribution in [-0.4, -0.2) is 18.0 Å². The number of nitrogens with one attached hydrogen (secondary N) is 2. The highest BCUT2D eigenvalue weighted by Gasteiger charge is 2.19. The van der Waals surface area contributed by atoms with Crippen LogP contribution in [0.15, 0.2) is 18.2 Å². The van der Waals surface area contributed by atoms with E-state index in [9.17, 15) is 18.4 Å². The first kappa shape index (κ1) is 15.1. The molecular weight excluding hydrogens is 254 g/mol. The Morgan fingerprint density at radius 2 is 1.68 bits per heavy atom. The molecule has 1 aromatic carbocycles. The molecule has 0 aliphatic heterocycles. The maximum Gasteiger partial charge on any atom is 0.321 e. The molecule has 0 aliphatic carbocycles. The molecule has 19 heavy (non-hydrogen) atoms. The van der Waals surface area contributed by atoms with Crippen molar-refractivity contribution in [1.82, 2.24) is 10.6 Å². The van der Waals surface area contributed by atoms with Crippen molar-refractivity contribution >= 4 is 11.9 Å². The van der Waals surface area contributed by atoms with Crippen LogP contribution in [0.4, 0.5) is 13.6 Å². The number of hydrogen-bond acceptors (Lipinski definition) is 2. The molecule has 3 amide bonds. The Hall–Kier alpha value is -1.98. The van der Waals surface area contributed by atoms with Gasteiger partial charge in [0.1, 0.15) is 17.2 Å². The van der Waals surface area contributed by atoms with E-state index >= 15 is 0 Å². The molecule has 0 fully saturated rings. The molecule has 1 rings (SSSR count). The van der Waals surface area contributed by atoms with Gasteiger partial charge in [-0.1, -0.05) is 19.9 Å². The summed E-state index contributed by atoms with van der Waals surface area (Å²) < 4.78 is 26.6. The average molecular weight is 270 g/mol. The van der Waals surface area contributed by atoms with E-state index in [2.05, 4.69) is 5.32 Å². The predicted octanol–water partition coefficient (Wildman–Crippen LogP) is 2.59. The van der Waals surface area contributed by atoms with Gasteiger partial charge >= 0.3 is 6.03 Å². The molecule has 0 saturated carbocycles. The third kappa shape index (κ3) is 4.01. The van der Waals surface area contributed by atoms with Crippen LogP contribution in [0, 0.1) is 11.6 Å². The van der Waals surface area contributed by atoms with Crippen molar-refractivity contribution in [2.75, 3.05) is 0 Å². The van der Waals surface area contributed by atoms with Crippen molar-refractivity contribution in [2.45, 2.75) is 32.7 Å². The Bertz CT molecular complexity index is 453. The normalized spacial score (nSPS) is 10.4. The van der Waals surface area contributed by atoms with Crippen molar-refractivity contribution in [3.05, 3.63) is 35.4 Å². The SMILES string of the molecule is CCC(CC)NC(=O)NC(=O)c1c(F)cccc1F. The van der Waals surface area contributed by atoms with Crippen LogP contribution < -0.4 is 10.6 Å². The molecule has 0 bridgehead atoms. The molecule has 0 unspecified atom stereocenters. The predicted molar refractivity (Wildman–Crippen MR) is 66.7 cm³/mol. The van der Waals surface area contributed by atoms with Gasteiger partial charge in [-0.25, -0.2) is 13.6 Å². The van der Waals surface area contributed by atoms with Crippen molar-refractivity contribution in [1.29, 1.82) is 0 Å². The highest BCUT2D eigenvalue weighted by molar-refractivity contribution is 6.04. The summed E-state index contributed by atoms with van der Waals surface area (Å²) in [5, 5.41) is 4.45. The number of carbonyl (C=O) groups excluding carboxylic acids is 2. The molecular formula is C13H16F2N2O2. The number of urea groups is 1. The van der Waals surface area contributed by atoms with E-state index in [-0.39, 0.29) is 6.04 Å². The topological polar surface area (TPSA) is 58.2 Å². The van der Waals surface area contributed by atoms with E-state index in [1.54, 1.807) is 0 Å². The molecule has 0 saturated heterocycles. The van der Waals surface area contributed by atoms with E-state index in [0.717, 1.165) is 18.2 Å². The Morgan fingerprint density at radius 3 is 2.16 bits per heavy atom. The minimum Gasteiger partial charge on any atom is -0.335 e. The van der Waals surface area contributed by atoms with Crippen LogP contribution in [0.5, 0.6) is 0 Å². The van der Waals surface area contributed by atoms with Crippen molar-refractivity contribution in [3.8, 4) is 0 Å². The molecule has 0 aliphatic rings. The summed E-state index contributed by atoms with van der Waals surface area (Å²) in [6.07, 6.45) is 1.40. The lowest BCUT2D eigenvalue weighted by Crippen LogP contribution is -2.44. The molecule has 0 aromatic heterocycles. The van der Waals surface area contributed by atoms with E-state index in [1.807, 2.05) is 19.2 Å². The van der Waals surface area contributed by atoms with E-state index in [0.29, 0.717) is 12.8 Å². The monoisotopic (exact) mass is 270 g/mol. The third-order valence-corrected chi connectivity index (χ3v) is 2.74. The zero-order chi connectivity index (χ0) is 14.4. The van der Waals surface area contributed by atoms with Gasteiger partial charge in [-0.15, -0.1) is 0 Å². The van der Waals surface area contributed by atoms with Gasteiger partial charge in [0.25, 0.3) is 5.91 Å². The summed E-state index contributed by atoms with van der Waals surface area (Å²) in [6, 6.07) is 2.21. The number of halogens is 2. The Morgan fingerprint density at radius 1 is 1.16 bits per heavy atom. The second kappa shape index (κ2) is 6.82. The van der Waals surface area contributed by atoms with Crippen molar-refractivity contribution in [2.24, 2.45) is 0 Å². The van der Waals surface area contributed by atoms with Crippen LogP contribution in [0.3, 0.4) is 0 Å². The fourth-order valence-corrected chi connectivity index (χ4v) is 1.59. The van der Waals surface area contributed by atoms with Crippen LogP contribution >= 0.6 is 0 Å². The smallest absolute Gasteiger partial charge is 0.321 e. The number of imide groups is 1. The quantitative estimate of drug-likeness (QED) is 0.883. The Kier molecular flexibility index (Phi) is 5.41. The van der Waals surface area contributed by atoms with Crippen LogP contribution in [0.1, 0.15) is 37.0 Å². The number of carbonyl (C=O) groups is 2. The Labute approximate surface area is 110 Å². The molecule has 0 heterocycles. The lowest BCUT2D eigenvalue weighted by atomic mass is 10.2. The maximum atomic E-state index is 13.3. The van der Waals surface area contributed by atoms with Crippen LogP contribution in [0.2, 0.25) is 0 Å². The van der Waals surface area contributed by atoms with Gasteiger partial charge in [0, 0.05) is 6.04 Å². The molecule has 6 heteroatoms. The van der Waals surface area contributed by atoms with Gasteiger partial charge in [-0.05, 0) is 25.0 Å². The first-order chi connectivity index (χ1) is 8.99. The minimum atomic E-state index is -1.10. The summed E-state index contributed by atoms with van der Waals surface area (Å²) in [6.45, 7) is 3.76. The van der Waals surface area contributed by atoms with E-state index < -0.39 is 29.1 Å². The molecule has 0 radical (unpaired) electrons. The van der Waals surface area contributed by atoms with Gasteiger partial charge in [-0.2, -0.15) is 0 Å². The fourth-order valence-electron chi connectivity index (χ4n) is 1.59. The highest BCUT2D eigenvalue weighted by atomic mass is 19.1. The zero-order valence-corrected chi connectivity index (χ0v) is 10.8. The lowest BCUT2D eigenvalue weighted by molar-refractivity contribution is 0.0955. The summed E-state index contributed by atoms with van der Waals surface area (Å²) in [7, 11) is 0. The van der Waals surface area contributed by atoms with Gasteiger partial charge in [0.15, 0.2) is 0 Å². The standard InChI is InChI=1S/C13H16F2N2O2/c1-3-8(4-2)16-13(19)17-12(18)11-9(14)6-5-7-10(11)15/h5-8H,3-4H2,1-2H3,(H2,16,17,18,19). The van der Waals surface area contributed by atoms with E-state index in [1.165, 1.54) is 0 Å². The first-order valence-corrected chi connectivity index (χ1v) is 6.05. The van der Waals surface area contributed by atoms with Gasteiger partial charge in [-0.3, -0.25) is 10.1 Å². The van der Waals surface area contributed by atoms with Gasteiger partial charge in [0.2, 0.25) is 0 Å². The second-order valence-electron chi connectivity index (χ2n) is 4.04. The summed E-state index contributed by atoms with van der Waals surface area (Å²) in [5.41, 5.74) is -0.762. The van der Waals surface area contributed by atoms with Crippen LogP contribution in [0.25, 0.3) is 0 Å². The second-order valence-corrected chi connectivity index (χ2v) is 4.04. The van der Waals surface area contributed by atoms with Crippen molar-refractivity contribution < 1.29 is 18.4 Å².